The zero-order chi connectivity index (χ0) is 13.5. The lowest BCUT2D eigenvalue weighted by molar-refractivity contribution is -0.134. The summed E-state index contributed by atoms with van der Waals surface area (Å²) in [4.78, 5) is 14.1. The fraction of sp³-hybridized carbons (Fsp3) is 0.846. The third kappa shape index (κ3) is 3.62. The van der Waals surface area contributed by atoms with Gasteiger partial charge in [-0.25, -0.2) is 0 Å². The maximum Gasteiger partial charge on any atom is 0.233 e. The molecule has 1 aliphatic rings. The second-order valence-electron chi connectivity index (χ2n) is 5.04. The minimum Gasteiger partial charge on any atom is -0.409 e. The van der Waals surface area contributed by atoms with E-state index in [1.54, 1.807) is 0 Å². The second-order valence-corrected chi connectivity index (χ2v) is 5.04. The highest BCUT2D eigenvalue weighted by atomic mass is 16.4. The molecule has 5 nitrogen and oxygen atoms in total. The molecule has 1 heterocycles. The van der Waals surface area contributed by atoms with Gasteiger partial charge in [-0.15, -0.1) is 0 Å². The van der Waals surface area contributed by atoms with E-state index in [-0.39, 0.29) is 11.7 Å². The molecule has 5 heteroatoms. The molecule has 1 rings (SSSR count). The molecular formula is C13H25N3O2. The summed E-state index contributed by atoms with van der Waals surface area (Å²) in [5, 5.41) is 11.7. The Bertz CT molecular complexity index is 297. The van der Waals surface area contributed by atoms with E-state index in [0.717, 1.165) is 31.8 Å². The summed E-state index contributed by atoms with van der Waals surface area (Å²) in [6.07, 6.45) is 5.18. The number of rotatable bonds is 5. The topological polar surface area (TPSA) is 78.9 Å². The molecule has 0 aromatic carbocycles. The average Bonchev–Trinajstić information content (AvgIpc) is 2.40. The van der Waals surface area contributed by atoms with E-state index in [2.05, 4.69) is 12.1 Å². The van der Waals surface area contributed by atoms with Crippen molar-refractivity contribution in [2.75, 3.05) is 13.1 Å². The summed E-state index contributed by atoms with van der Waals surface area (Å²) < 4.78 is 0. The van der Waals surface area contributed by atoms with Crippen LogP contribution in [-0.4, -0.2) is 34.9 Å². The van der Waals surface area contributed by atoms with Gasteiger partial charge in [0.15, 0.2) is 5.84 Å². The van der Waals surface area contributed by atoms with Crippen molar-refractivity contribution in [2.24, 2.45) is 22.7 Å². The van der Waals surface area contributed by atoms with Crippen LogP contribution in [0.15, 0.2) is 5.16 Å². The second kappa shape index (κ2) is 7.24. The van der Waals surface area contributed by atoms with Gasteiger partial charge in [0.2, 0.25) is 5.91 Å². The van der Waals surface area contributed by atoms with Gasteiger partial charge >= 0.3 is 0 Å². The van der Waals surface area contributed by atoms with Crippen LogP contribution in [0.1, 0.15) is 46.0 Å². The van der Waals surface area contributed by atoms with Crippen LogP contribution >= 0.6 is 0 Å². The van der Waals surface area contributed by atoms with Crippen molar-refractivity contribution in [3.8, 4) is 0 Å². The van der Waals surface area contributed by atoms with Gasteiger partial charge in [-0.3, -0.25) is 4.79 Å². The van der Waals surface area contributed by atoms with Crippen LogP contribution in [0.3, 0.4) is 0 Å². The first-order valence-electron chi connectivity index (χ1n) is 6.90. The fourth-order valence-electron chi connectivity index (χ4n) is 2.65. The largest absolute Gasteiger partial charge is 0.409 e. The van der Waals surface area contributed by atoms with Crippen LogP contribution in [0.2, 0.25) is 0 Å². The molecule has 1 saturated heterocycles. The maximum absolute atomic E-state index is 12.2. The number of piperidine rings is 1. The normalized spacial score (nSPS) is 19.9. The first-order valence-corrected chi connectivity index (χ1v) is 6.90. The van der Waals surface area contributed by atoms with Crippen molar-refractivity contribution in [1.29, 1.82) is 0 Å². The third-order valence-corrected chi connectivity index (χ3v) is 3.80. The fourth-order valence-corrected chi connectivity index (χ4v) is 2.65. The van der Waals surface area contributed by atoms with Gasteiger partial charge in [0.1, 0.15) is 0 Å². The SMILES string of the molecule is CCCC1CCN(C(=O)C(CC)C(N)=NO)CC1. The molecule has 1 fully saturated rings. The molecule has 18 heavy (non-hydrogen) atoms. The molecular weight excluding hydrogens is 230 g/mol. The van der Waals surface area contributed by atoms with Gasteiger partial charge in [0.25, 0.3) is 0 Å². The molecule has 0 aliphatic carbocycles. The highest BCUT2D eigenvalue weighted by Crippen LogP contribution is 2.23. The van der Waals surface area contributed by atoms with Gasteiger partial charge in [0.05, 0.1) is 5.92 Å². The highest BCUT2D eigenvalue weighted by molar-refractivity contribution is 6.02. The summed E-state index contributed by atoms with van der Waals surface area (Å²) in [5.74, 6) is 0.307. The van der Waals surface area contributed by atoms with Crippen molar-refractivity contribution in [2.45, 2.75) is 46.0 Å². The van der Waals surface area contributed by atoms with Crippen molar-refractivity contribution in [3.63, 3.8) is 0 Å². The van der Waals surface area contributed by atoms with E-state index in [1.807, 2.05) is 11.8 Å². The van der Waals surface area contributed by atoms with Crippen LogP contribution < -0.4 is 5.73 Å². The Balaban J connectivity index is 2.53. The highest BCUT2D eigenvalue weighted by Gasteiger charge is 2.29. The molecule has 0 saturated carbocycles. The molecule has 0 aromatic rings. The smallest absolute Gasteiger partial charge is 0.233 e. The Kier molecular flexibility index (Phi) is 5.95. The van der Waals surface area contributed by atoms with E-state index in [4.69, 9.17) is 10.9 Å². The first kappa shape index (κ1) is 14.8. The van der Waals surface area contributed by atoms with Crippen LogP contribution in [-0.2, 0) is 4.79 Å². The molecule has 0 aromatic heterocycles. The third-order valence-electron chi connectivity index (χ3n) is 3.80. The van der Waals surface area contributed by atoms with Gasteiger partial charge in [0, 0.05) is 13.1 Å². The number of hydrogen-bond acceptors (Lipinski definition) is 3. The molecule has 0 bridgehead atoms. The molecule has 3 N–H and O–H groups in total. The van der Waals surface area contributed by atoms with E-state index < -0.39 is 5.92 Å². The summed E-state index contributed by atoms with van der Waals surface area (Å²) in [5.41, 5.74) is 5.56. The van der Waals surface area contributed by atoms with Crippen molar-refractivity contribution >= 4 is 11.7 Å². The minimum atomic E-state index is -0.474. The van der Waals surface area contributed by atoms with Crippen molar-refractivity contribution in [3.05, 3.63) is 0 Å². The number of nitrogens with zero attached hydrogens (tertiary/aromatic N) is 2. The van der Waals surface area contributed by atoms with Gasteiger partial charge in [-0.2, -0.15) is 0 Å². The number of nitrogens with two attached hydrogens (primary N) is 1. The van der Waals surface area contributed by atoms with Gasteiger partial charge in [-0.1, -0.05) is 31.8 Å². The maximum atomic E-state index is 12.2. The number of amides is 1. The quantitative estimate of drug-likeness (QED) is 0.340. The summed E-state index contributed by atoms with van der Waals surface area (Å²) >= 11 is 0. The Morgan fingerprint density at radius 1 is 1.44 bits per heavy atom. The molecule has 1 unspecified atom stereocenters. The first-order chi connectivity index (χ1) is 8.63. The van der Waals surface area contributed by atoms with Gasteiger partial charge in [-0.05, 0) is 25.2 Å². The zero-order valence-corrected chi connectivity index (χ0v) is 11.4. The standard InChI is InChI=1S/C13H25N3O2/c1-3-5-10-6-8-16(9-7-10)13(17)11(4-2)12(14)15-18/h10-11,18H,3-9H2,1-2H3,(H2,14,15). The van der Waals surface area contributed by atoms with Crippen LogP contribution in [0.25, 0.3) is 0 Å². The summed E-state index contributed by atoms with van der Waals surface area (Å²) in [6.45, 7) is 5.69. The predicted molar refractivity (Wildman–Crippen MR) is 71.4 cm³/mol. The summed E-state index contributed by atoms with van der Waals surface area (Å²) in [6, 6.07) is 0. The predicted octanol–water partition coefficient (Wildman–Crippen LogP) is 1.80. The van der Waals surface area contributed by atoms with E-state index >= 15 is 0 Å². The Hall–Kier alpha value is -1.26. The average molecular weight is 255 g/mol. The Morgan fingerprint density at radius 3 is 2.50 bits per heavy atom. The van der Waals surface area contributed by atoms with Gasteiger partial charge < -0.3 is 15.8 Å². The molecule has 1 aliphatic heterocycles. The summed E-state index contributed by atoms with van der Waals surface area (Å²) in [7, 11) is 0. The van der Waals surface area contributed by atoms with Crippen molar-refractivity contribution < 1.29 is 10.0 Å². The molecule has 0 radical (unpaired) electrons. The number of hydrogen-bond donors (Lipinski definition) is 2. The Morgan fingerprint density at radius 2 is 2.06 bits per heavy atom. The number of oxime groups is 1. The lowest BCUT2D eigenvalue weighted by Gasteiger charge is -2.33. The molecule has 1 amide bonds. The van der Waals surface area contributed by atoms with E-state index in [0.29, 0.717) is 6.42 Å². The Labute approximate surface area is 109 Å². The van der Waals surface area contributed by atoms with E-state index in [1.165, 1.54) is 12.8 Å². The lowest BCUT2D eigenvalue weighted by Crippen LogP contribution is -2.45. The van der Waals surface area contributed by atoms with Crippen LogP contribution in [0.5, 0.6) is 0 Å². The number of carbonyl (C=O) groups excluding carboxylic acids is 1. The number of carbonyl (C=O) groups is 1. The molecule has 1 atom stereocenters. The monoisotopic (exact) mass is 255 g/mol. The van der Waals surface area contributed by atoms with Crippen molar-refractivity contribution in [1.82, 2.24) is 4.90 Å². The number of amidine groups is 1. The molecule has 104 valence electrons. The molecule has 0 spiro atoms. The zero-order valence-electron chi connectivity index (χ0n) is 11.4. The minimum absolute atomic E-state index is 0.00254. The number of likely N-dealkylation sites (tertiary alicyclic amines) is 1. The van der Waals surface area contributed by atoms with Crippen LogP contribution in [0.4, 0.5) is 0 Å². The van der Waals surface area contributed by atoms with E-state index in [9.17, 15) is 4.79 Å². The lowest BCUT2D eigenvalue weighted by atomic mass is 9.91. The van der Waals surface area contributed by atoms with Crippen LogP contribution in [0, 0.1) is 11.8 Å².